The van der Waals surface area contributed by atoms with Gasteiger partial charge in [-0.3, -0.25) is 4.90 Å². The molecule has 6 nitrogen and oxygen atoms in total. The maximum Gasteiger partial charge on any atom is 0.200 e. The highest BCUT2D eigenvalue weighted by Gasteiger charge is 2.30. The van der Waals surface area contributed by atoms with Gasteiger partial charge in [0.25, 0.3) is 0 Å². The summed E-state index contributed by atoms with van der Waals surface area (Å²) in [5, 5.41) is 23.0. The zero-order chi connectivity index (χ0) is 74.6. The molecule has 12 heteroatoms. The molecule has 0 saturated heterocycles. The van der Waals surface area contributed by atoms with Gasteiger partial charge < -0.3 is 13.6 Å². The predicted octanol–water partition coefficient (Wildman–Crippen LogP) is 28.7. The van der Waals surface area contributed by atoms with Gasteiger partial charge in [0, 0.05) is 92.6 Å². The molecule has 0 unspecified atom stereocenters. The van der Waals surface area contributed by atoms with Crippen LogP contribution in [0.1, 0.15) is 0 Å². The van der Waals surface area contributed by atoms with Crippen LogP contribution in [0.4, 0.5) is 39.3 Å². The number of para-hydroxylation sites is 4. The molecule has 0 spiro atoms. The average molecular weight is 1470 g/mol. The van der Waals surface area contributed by atoms with Crippen molar-refractivity contribution < 1.29 is 26.4 Å². The van der Waals surface area contributed by atoms with Gasteiger partial charge in [-0.1, -0.05) is 218 Å². The van der Waals surface area contributed by atoms with Crippen LogP contribution in [0.25, 0.3) is 195 Å². The molecule has 528 valence electrons. The SMILES string of the molecule is Fc1c(F)c(F)c(-c2ccc3c(c2)oc2cc(-c4cc5c6ccccc6c6c7ccccc7n(-c7ccccc7)c6c5c5ccccc45)ccc23)c(F)c1F.c1ccc(-n2c3ccccc3c3c4ccccc4c4cc(-c5cccc6c5sc5cc(N(c7ccccn7)c7ccccn7)ccc56)c5ccccc5c4c32)cc1. The summed E-state index contributed by atoms with van der Waals surface area (Å²) in [6.45, 7) is 0. The molecule has 6 aromatic heterocycles. The van der Waals surface area contributed by atoms with Gasteiger partial charge in [-0.05, 0) is 185 Å². The van der Waals surface area contributed by atoms with E-state index in [1.807, 2.05) is 90.5 Å². The molecule has 23 aromatic rings. The van der Waals surface area contributed by atoms with Gasteiger partial charge in [0.05, 0.1) is 33.3 Å². The highest BCUT2D eigenvalue weighted by Crippen LogP contribution is 2.52. The summed E-state index contributed by atoms with van der Waals surface area (Å²) in [4.78, 5) is 11.6. The Kier molecular flexibility index (Phi) is 14.7. The minimum Gasteiger partial charge on any atom is -0.456 e. The molecular formula is C100H56F5N5OS. The smallest absolute Gasteiger partial charge is 0.200 e. The fourth-order valence-corrected chi connectivity index (χ4v) is 18.9. The lowest BCUT2D eigenvalue weighted by molar-refractivity contribution is 0.381. The molecule has 0 atom stereocenters. The summed E-state index contributed by atoms with van der Waals surface area (Å²) < 4.78 is 85.1. The standard InChI is InChI=1S/C52H32N4S.C48H24F5NO/c1-2-15-33(16-3-1)55-45-24-9-8-21-42(45)49-39-20-7-5-18-36(39)44-32-43(35-17-4-6-19-38(35)50(44)51(49)55)41-23-14-22-40-37-28-27-34(31-46(37)57-52(40)41)56(47-25-10-12-29-53-47)48-26-11-13-30-54-48;49-43-40(44(50)46(52)47(53)45(43)51)26-19-21-31-30-20-18-25(22-38(30)55-39(31)23-26)35-24-36-29-13-5-7-15-33(29)41-34-16-8-9-17-37(34)54(27-10-2-1-3-11-27)48(41)42(36)32-14-6-4-12-28(32)35/h1-32H;1-24H. The van der Waals surface area contributed by atoms with Crippen molar-refractivity contribution >= 4 is 179 Å². The number of fused-ring (bicyclic) bond motifs is 26. The quantitative estimate of drug-likeness (QED) is 0.0658. The molecule has 0 aliphatic carbocycles. The fourth-order valence-electron chi connectivity index (χ4n) is 17.7. The lowest BCUT2D eigenvalue weighted by Gasteiger charge is -2.22. The largest absolute Gasteiger partial charge is 0.456 e. The Bertz CT molecular complexity index is 7830. The van der Waals surface area contributed by atoms with E-state index in [4.69, 9.17) is 14.4 Å². The normalized spacial score (nSPS) is 12.0. The lowest BCUT2D eigenvalue weighted by atomic mass is 9.88. The summed E-state index contributed by atoms with van der Waals surface area (Å²) in [7, 11) is 0. The number of nitrogens with zero attached hydrogens (tertiary/aromatic N) is 5. The number of halogens is 5. The molecule has 0 amide bonds. The van der Waals surface area contributed by atoms with Crippen LogP contribution in [0.3, 0.4) is 0 Å². The summed E-state index contributed by atoms with van der Waals surface area (Å²) in [5.74, 6) is -8.34. The maximum atomic E-state index is 14.8. The second-order valence-electron chi connectivity index (χ2n) is 28.3. The predicted molar refractivity (Wildman–Crippen MR) is 453 cm³/mol. The van der Waals surface area contributed by atoms with Crippen molar-refractivity contribution in [2.75, 3.05) is 4.90 Å². The second-order valence-corrected chi connectivity index (χ2v) is 29.4. The maximum absolute atomic E-state index is 14.8. The van der Waals surface area contributed by atoms with E-state index < -0.39 is 34.6 Å². The lowest BCUT2D eigenvalue weighted by Crippen LogP contribution is -2.12. The minimum absolute atomic E-state index is 0.189. The summed E-state index contributed by atoms with van der Waals surface area (Å²) >= 11 is 1.86. The van der Waals surface area contributed by atoms with Crippen LogP contribution < -0.4 is 4.90 Å². The van der Waals surface area contributed by atoms with E-state index >= 15 is 0 Å². The van der Waals surface area contributed by atoms with Gasteiger partial charge in [0.15, 0.2) is 23.3 Å². The summed E-state index contributed by atoms with van der Waals surface area (Å²) in [6.07, 6.45) is 3.66. The van der Waals surface area contributed by atoms with Gasteiger partial charge in [0.1, 0.15) is 22.8 Å². The molecule has 0 fully saturated rings. The molecule has 0 radical (unpaired) electrons. The Hall–Kier alpha value is -14.3. The number of benzene rings is 17. The zero-order valence-corrected chi connectivity index (χ0v) is 60.1. The minimum atomic E-state index is -2.20. The summed E-state index contributed by atoms with van der Waals surface area (Å²) in [5.41, 5.74) is 11.9. The van der Waals surface area contributed by atoms with Crippen molar-refractivity contribution in [3.8, 4) is 44.8 Å². The van der Waals surface area contributed by atoms with Crippen molar-refractivity contribution in [1.82, 2.24) is 19.1 Å². The third-order valence-corrected chi connectivity index (χ3v) is 23.6. The first-order chi connectivity index (χ1) is 55.2. The van der Waals surface area contributed by atoms with E-state index in [9.17, 15) is 22.0 Å². The summed E-state index contributed by atoms with van der Waals surface area (Å²) in [6, 6.07) is 114. The number of aromatic nitrogens is 4. The number of thiophene rings is 1. The molecular weight excluding hydrogens is 1410 g/mol. The number of furan rings is 1. The highest BCUT2D eigenvalue weighted by atomic mass is 32.1. The van der Waals surface area contributed by atoms with Crippen molar-refractivity contribution in [2.24, 2.45) is 0 Å². The van der Waals surface area contributed by atoms with Crippen molar-refractivity contribution in [3.05, 3.63) is 369 Å². The topological polar surface area (TPSA) is 52.0 Å². The Balaban J connectivity index is 0.000000137. The number of pyridine rings is 2. The first kappa shape index (κ1) is 64.8. The van der Waals surface area contributed by atoms with Crippen molar-refractivity contribution in [3.63, 3.8) is 0 Å². The van der Waals surface area contributed by atoms with E-state index in [2.05, 4.69) is 257 Å². The number of hydrogen-bond donors (Lipinski definition) is 0. The molecule has 0 saturated carbocycles. The molecule has 112 heavy (non-hydrogen) atoms. The molecule has 0 aliphatic rings. The first-order valence-corrected chi connectivity index (χ1v) is 37.8. The number of hydrogen-bond acceptors (Lipinski definition) is 5. The van der Waals surface area contributed by atoms with Crippen molar-refractivity contribution in [1.29, 1.82) is 0 Å². The Morgan fingerprint density at radius 2 is 0.696 bits per heavy atom. The number of anilines is 3. The van der Waals surface area contributed by atoms with Crippen LogP contribution >= 0.6 is 11.3 Å². The molecule has 0 bridgehead atoms. The van der Waals surface area contributed by atoms with Gasteiger partial charge in [-0.25, -0.2) is 31.9 Å². The van der Waals surface area contributed by atoms with E-state index in [-0.39, 0.29) is 11.1 Å². The van der Waals surface area contributed by atoms with E-state index in [1.165, 1.54) is 108 Å². The zero-order valence-electron chi connectivity index (χ0n) is 59.3. The molecule has 23 rings (SSSR count). The third-order valence-electron chi connectivity index (χ3n) is 22.4. The van der Waals surface area contributed by atoms with Crippen LogP contribution in [-0.4, -0.2) is 19.1 Å². The molecule has 0 aliphatic heterocycles. The average Bonchev–Trinajstić information content (AvgIpc) is 1.50. The van der Waals surface area contributed by atoms with Crippen LogP contribution in [-0.2, 0) is 0 Å². The first-order valence-electron chi connectivity index (χ1n) is 37.0. The third kappa shape index (κ3) is 9.74. The van der Waals surface area contributed by atoms with Crippen molar-refractivity contribution in [2.45, 2.75) is 0 Å². The molecule has 0 N–H and O–H groups in total. The van der Waals surface area contributed by atoms with Gasteiger partial charge in [-0.2, -0.15) is 0 Å². The number of rotatable bonds is 8. The Morgan fingerprint density at radius 1 is 0.286 bits per heavy atom. The molecule has 17 aromatic carbocycles. The fraction of sp³-hybridized carbons (Fsp3) is 0. The van der Waals surface area contributed by atoms with E-state index in [0.29, 0.717) is 11.0 Å². The monoisotopic (exact) mass is 1470 g/mol. The van der Waals surface area contributed by atoms with Crippen LogP contribution in [0, 0.1) is 29.1 Å². The molecule has 6 heterocycles. The van der Waals surface area contributed by atoms with Crippen LogP contribution in [0.15, 0.2) is 344 Å². The van der Waals surface area contributed by atoms with E-state index in [0.717, 1.165) is 88.6 Å². The second kappa shape index (κ2) is 25.4. The van der Waals surface area contributed by atoms with Crippen LogP contribution in [0.5, 0.6) is 0 Å². The Labute approximate surface area is 639 Å². The van der Waals surface area contributed by atoms with Gasteiger partial charge >= 0.3 is 0 Å². The van der Waals surface area contributed by atoms with Crippen LogP contribution in [0.2, 0.25) is 0 Å². The van der Waals surface area contributed by atoms with Gasteiger partial charge in [-0.15, -0.1) is 11.3 Å². The van der Waals surface area contributed by atoms with Gasteiger partial charge in [0.2, 0.25) is 5.82 Å². The highest BCUT2D eigenvalue weighted by molar-refractivity contribution is 7.26. The Morgan fingerprint density at radius 3 is 1.22 bits per heavy atom. The van der Waals surface area contributed by atoms with E-state index in [1.54, 1.807) is 6.07 Å².